The molecule has 6 rings (SSSR count). The van der Waals surface area contributed by atoms with Gasteiger partial charge in [-0.25, -0.2) is 0 Å². The van der Waals surface area contributed by atoms with Crippen molar-refractivity contribution in [1.82, 2.24) is 4.40 Å². The molecule has 4 aromatic carbocycles. The predicted molar refractivity (Wildman–Crippen MR) is 123 cm³/mol. The van der Waals surface area contributed by atoms with E-state index in [1.54, 1.807) is 0 Å². The fraction of sp³-hybridized carbons (Fsp3) is 0. The largest absolute Gasteiger partial charge is 0.308 e. The van der Waals surface area contributed by atoms with Gasteiger partial charge in [-0.1, -0.05) is 103 Å². The van der Waals surface area contributed by atoms with Crippen molar-refractivity contribution in [2.75, 3.05) is 0 Å². The van der Waals surface area contributed by atoms with Crippen LogP contribution in [0.5, 0.6) is 0 Å². The molecule has 2 aromatic heterocycles. The molecule has 6 aromatic rings. The Labute approximate surface area is 169 Å². The molecule has 0 saturated carbocycles. The summed E-state index contributed by atoms with van der Waals surface area (Å²) in [7, 11) is 0. The van der Waals surface area contributed by atoms with Crippen LogP contribution in [-0.2, 0) is 0 Å². The first kappa shape index (κ1) is 16.1. The lowest BCUT2D eigenvalue weighted by atomic mass is 9.93. The lowest BCUT2D eigenvalue weighted by Crippen LogP contribution is -1.98. The molecule has 1 nitrogen and oxygen atoms in total. The van der Waals surface area contributed by atoms with Crippen molar-refractivity contribution >= 4 is 27.2 Å². The Morgan fingerprint density at radius 3 is 1.79 bits per heavy atom. The zero-order valence-corrected chi connectivity index (χ0v) is 15.9. The molecule has 0 bridgehead atoms. The smallest absolute Gasteiger partial charge is 0.0619 e. The minimum Gasteiger partial charge on any atom is -0.308 e. The number of benzene rings is 4. The second kappa shape index (κ2) is 6.35. The third kappa shape index (κ3) is 2.41. The molecular formula is C28H19N. The molecule has 0 atom stereocenters. The van der Waals surface area contributed by atoms with E-state index in [2.05, 4.69) is 120 Å². The number of pyridine rings is 1. The zero-order valence-electron chi connectivity index (χ0n) is 15.9. The Morgan fingerprint density at radius 1 is 0.448 bits per heavy atom. The second-order valence-electron chi connectivity index (χ2n) is 7.43. The quantitative estimate of drug-likeness (QED) is 0.296. The van der Waals surface area contributed by atoms with E-state index in [0.29, 0.717) is 0 Å². The topological polar surface area (TPSA) is 4.41 Å². The highest BCUT2D eigenvalue weighted by Crippen LogP contribution is 2.42. The Balaban J connectivity index is 1.94. The number of hydrogen-bond acceptors (Lipinski definition) is 0. The number of hydrogen-bond donors (Lipinski definition) is 0. The van der Waals surface area contributed by atoms with E-state index in [1.807, 2.05) is 0 Å². The maximum absolute atomic E-state index is 2.44. The zero-order chi connectivity index (χ0) is 19.2. The molecule has 0 amide bonds. The molecule has 0 aliphatic rings. The van der Waals surface area contributed by atoms with Gasteiger partial charge in [-0.2, -0.15) is 0 Å². The third-order valence-corrected chi connectivity index (χ3v) is 5.75. The van der Waals surface area contributed by atoms with E-state index < -0.39 is 0 Å². The van der Waals surface area contributed by atoms with Crippen LogP contribution in [0, 0.1) is 0 Å². The normalized spacial score (nSPS) is 11.4. The van der Waals surface area contributed by atoms with Gasteiger partial charge in [0.05, 0.1) is 16.7 Å². The van der Waals surface area contributed by atoms with Crippen LogP contribution < -0.4 is 0 Å². The van der Waals surface area contributed by atoms with Crippen molar-refractivity contribution in [3.63, 3.8) is 0 Å². The number of rotatable bonds is 2. The van der Waals surface area contributed by atoms with Gasteiger partial charge in [0.15, 0.2) is 0 Å². The van der Waals surface area contributed by atoms with E-state index >= 15 is 0 Å². The minimum absolute atomic E-state index is 1.23. The molecule has 0 fully saturated rings. The van der Waals surface area contributed by atoms with Crippen LogP contribution in [0.3, 0.4) is 0 Å². The van der Waals surface area contributed by atoms with Gasteiger partial charge in [-0.3, -0.25) is 0 Å². The summed E-state index contributed by atoms with van der Waals surface area (Å²) in [6, 6.07) is 41.3. The van der Waals surface area contributed by atoms with Gasteiger partial charge in [-0.05, 0) is 28.6 Å². The molecule has 29 heavy (non-hydrogen) atoms. The molecule has 0 aliphatic heterocycles. The summed E-state index contributed by atoms with van der Waals surface area (Å²) in [5.41, 5.74) is 7.48. The van der Waals surface area contributed by atoms with E-state index in [-0.39, 0.29) is 0 Å². The summed E-state index contributed by atoms with van der Waals surface area (Å²) >= 11 is 0. The fourth-order valence-electron chi connectivity index (χ4n) is 4.52. The highest BCUT2D eigenvalue weighted by Gasteiger charge is 2.19. The second-order valence-corrected chi connectivity index (χ2v) is 7.43. The molecule has 0 saturated heterocycles. The number of nitrogens with zero attached hydrogens (tertiary/aromatic N) is 1. The molecular weight excluding hydrogens is 350 g/mol. The average molecular weight is 369 g/mol. The summed E-state index contributed by atoms with van der Waals surface area (Å²) in [6.07, 6.45) is 0. The van der Waals surface area contributed by atoms with Gasteiger partial charge in [0, 0.05) is 16.3 Å². The Morgan fingerprint density at radius 2 is 1.03 bits per heavy atom. The average Bonchev–Trinajstić information content (AvgIpc) is 3.19. The van der Waals surface area contributed by atoms with Crippen molar-refractivity contribution in [2.24, 2.45) is 0 Å². The molecule has 1 heteroatoms. The monoisotopic (exact) mass is 369 g/mol. The van der Waals surface area contributed by atoms with Crippen molar-refractivity contribution in [3.05, 3.63) is 115 Å². The van der Waals surface area contributed by atoms with Gasteiger partial charge in [-0.15, -0.1) is 0 Å². The first-order valence-corrected chi connectivity index (χ1v) is 9.97. The molecule has 0 aliphatic carbocycles. The van der Waals surface area contributed by atoms with Crippen LogP contribution in [0.4, 0.5) is 0 Å². The lowest BCUT2D eigenvalue weighted by molar-refractivity contribution is 1.27. The summed E-state index contributed by atoms with van der Waals surface area (Å²) in [6.45, 7) is 0. The standard InChI is InChI=1S/C28H19N/c1-3-11-20(12-4-1)27-24-17-9-8-16-23(24)26-19-22-15-7-10-18-25(22)29(26)28(27)21-13-5-2-6-14-21/h1-19H. The maximum Gasteiger partial charge on any atom is 0.0619 e. The molecule has 136 valence electrons. The van der Waals surface area contributed by atoms with E-state index in [4.69, 9.17) is 0 Å². The van der Waals surface area contributed by atoms with Crippen molar-refractivity contribution in [3.8, 4) is 22.4 Å². The van der Waals surface area contributed by atoms with Crippen LogP contribution >= 0.6 is 0 Å². The maximum atomic E-state index is 2.44. The highest BCUT2D eigenvalue weighted by atomic mass is 14.9. The number of aromatic nitrogens is 1. The number of para-hydroxylation sites is 1. The molecule has 2 heterocycles. The fourth-order valence-corrected chi connectivity index (χ4v) is 4.52. The van der Waals surface area contributed by atoms with E-state index in [9.17, 15) is 0 Å². The molecule has 0 unspecified atom stereocenters. The van der Waals surface area contributed by atoms with Gasteiger partial charge < -0.3 is 4.40 Å². The van der Waals surface area contributed by atoms with Crippen molar-refractivity contribution < 1.29 is 0 Å². The SMILES string of the molecule is c1ccc(-c2c(-c3ccccc3)n3c4ccccc4cc3c3ccccc23)cc1. The van der Waals surface area contributed by atoms with Gasteiger partial charge in [0.2, 0.25) is 0 Å². The minimum atomic E-state index is 1.23. The molecule has 0 radical (unpaired) electrons. The summed E-state index contributed by atoms with van der Waals surface area (Å²) in [5, 5.41) is 3.83. The lowest BCUT2D eigenvalue weighted by Gasteiger charge is -2.18. The first-order chi connectivity index (χ1) is 14.4. The molecule has 0 spiro atoms. The van der Waals surface area contributed by atoms with E-state index in [1.165, 1.54) is 49.6 Å². The van der Waals surface area contributed by atoms with Crippen LogP contribution in [0.1, 0.15) is 0 Å². The van der Waals surface area contributed by atoms with Crippen molar-refractivity contribution in [2.45, 2.75) is 0 Å². The van der Waals surface area contributed by atoms with Crippen LogP contribution in [0.2, 0.25) is 0 Å². The summed E-state index contributed by atoms with van der Waals surface area (Å²) in [5.74, 6) is 0. The summed E-state index contributed by atoms with van der Waals surface area (Å²) < 4.78 is 2.44. The predicted octanol–water partition coefficient (Wildman–Crippen LogP) is 7.58. The first-order valence-electron chi connectivity index (χ1n) is 9.97. The van der Waals surface area contributed by atoms with Gasteiger partial charge in [0.1, 0.15) is 0 Å². The Bertz CT molecular complexity index is 1480. The highest BCUT2D eigenvalue weighted by molar-refractivity contribution is 6.12. The van der Waals surface area contributed by atoms with Crippen molar-refractivity contribution in [1.29, 1.82) is 0 Å². The third-order valence-electron chi connectivity index (χ3n) is 5.75. The molecule has 0 N–H and O–H groups in total. The number of fused-ring (bicyclic) bond motifs is 5. The van der Waals surface area contributed by atoms with Crippen LogP contribution in [0.25, 0.3) is 49.6 Å². The Kier molecular flexibility index (Phi) is 3.54. The Hall–Kier alpha value is -3.84. The van der Waals surface area contributed by atoms with Gasteiger partial charge in [0.25, 0.3) is 0 Å². The van der Waals surface area contributed by atoms with Crippen LogP contribution in [0.15, 0.2) is 115 Å². The van der Waals surface area contributed by atoms with Gasteiger partial charge >= 0.3 is 0 Å². The summed E-state index contributed by atoms with van der Waals surface area (Å²) in [4.78, 5) is 0. The van der Waals surface area contributed by atoms with Crippen LogP contribution in [-0.4, -0.2) is 4.40 Å². The van der Waals surface area contributed by atoms with E-state index in [0.717, 1.165) is 0 Å².